The third-order valence-corrected chi connectivity index (χ3v) is 17.5. The van der Waals surface area contributed by atoms with Crippen LogP contribution in [0.4, 0.5) is 0 Å². The molecule has 1 aromatic carbocycles. The molecule has 0 N–H and O–H groups in total. The molecular formula is C22H36O4Sn. The van der Waals surface area contributed by atoms with Crippen LogP contribution in [0.2, 0.25) is 13.3 Å². The van der Waals surface area contributed by atoms with E-state index in [4.69, 9.17) is 7.81 Å². The van der Waals surface area contributed by atoms with E-state index in [0.717, 1.165) is 51.8 Å². The van der Waals surface area contributed by atoms with Gasteiger partial charge in [-0.3, -0.25) is 0 Å². The van der Waals surface area contributed by atoms with Crippen LogP contribution in [0, 0.1) is 0 Å². The van der Waals surface area contributed by atoms with Gasteiger partial charge in [0.15, 0.2) is 0 Å². The van der Waals surface area contributed by atoms with Gasteiger partial charge in [-0.05, 0) is 0 Å². The molecule has 0 heterocycles. The van der Waals surface area contributed by atoms with Gasteiger partial charge in [-0.2, -0.15) is 0 Å². The quantitative estimate of drug-likeness (QED) is 0.242. The maximum absolute atomic E-state index is 13.1. The SMILES string of the molecule is CCC[CH2][Sn]([CH2]CCC)([CH2]CCC)[O]C(=O)c1ccccc1C(=O)OCC. The normalized spacial score (nSPS) is 11.3. The molecule has 0 bridgehead atoms. The Labute approximate surface area is 169 Å². The molecule has 0 amide bonds. The zero-order valence-electron chi connectivity index (χ0n) is 17.5. The number of carbonyl (C=O) groups is 2. The predicted molar refractivity (Wildman–Crippen MR) is 113 cm³/mol. The zero-order valence-corrected chi connectivity index (χ0v) is 20.4. The minimum atomic E-state index is -3.07. The van der Waals surface area contributed by atoms with Crippen molar-refractivity contribution in [2.45, 2.75) is 79.5 Å². The number of esters is 1. The van der Waals surface area contributed by atoms with Gasteiger partial charge in [-0.25, -0.2) is 0 Å². The molecular weight excluding hydrogens is 447 g/mol. The van der Waals surface area contributed by atoms with Gasteiger partial charge >= 0.3 is 170 Å². The van der Waals surface area contributed by atoms with Crippen LogP contribution in [-0.2, 0) is 7.81 Å². The zero-order chi connectivity index (χ0) is 20.1. The monoisotopic (exact) mass is 484 g/mol. The molecule has 5 heteroatoms. The van der Waals surface area contributed by atoms with Crippen molar-refractivity contribution in [3.05, 3.63) is 35.4 Å². The van der Waals surface area contributed by atoms with E-state index in [1.807, 2.05) is 0 Å². The van der Waals surface area contributed by atoms with Gasteiger partial charge in [0.2, 0.25) is 0 Å². The summed E-state index contributed by atoms with van der Waals surface area (Å²) in [5, 5.41) is 0. The van der Waals surface area contributed by atoms with Crippen molar-refractivity contribution >= 4 is 30.7 Å². The van der Waals surface area contributed by atoms with Crippen LogP contribution in [0.1, 0.15) is 86.9 Å². The molecule has 0 saturated carbocycles. The van der Waals surface area contributed by atoms with Crippen LogP contribution in [0.5, 0.6) is 0 Å². The molecule has 0 aliphatic heterocycles. The van der Waals surface area contributed by atoms with Crippen LogP contribution in [0.15, 0.2) is 24.3 Å². The van der Waals surface area contributed by atoms with Gasteiger partial charge in [-0.1, -0.05) is 0 Å². The number of carbonyl (C=O) groups excluding carboxylic acids is 2. The Hall–Kier alpha value is -1.04. The summed E-state index contributed by atoms with van der Waals surface area (Å²) in [6.45, 7) is 8.62. The van der Waals surface area contributed by atoms with Crippen molar-refractivity contribution in [1.29, 1.82) is 0 Å². The fraction of sp³-hybridized carbons (Fsp3) is 0.636. The fourth-order valence-corrected chi connectivity index (χ4v) is 16.3. The first kappa shape index (κ1) is 24.0. The fourth-order valence-electron chi connectivity index (χ4n) is 3.32. The van der Waals surface area contributed by atoms with E-state index < -0.39 is 24.8 Å². The van der Waals surface area contributed by atoms with Crippen LogP contribution in [0.25, 0.3) is 0 Å². The number of rotatable bonds is 13. The van der Waals surface area contributed by atoms with E-state index >= 15 is 0 Å². The number of unbranched alkanes of at least 4 members (excludes halogenated alkanes) is 3. The maximum atomic E-state index is 13.1. The Balaban J connectivity index is 3.11. The molecule has 27 heavy (non-hydrogen) atoms. The molecule has 0 unspecified atom stereocenters. The summed E-state index contributed by atoms with van der Waals surface area (Å²) in [5.41, 5.74) is 0.660. The Morgan fingerprint density at radius 1 is 0.778 bits per heavy atom. The average Bonchev–Trinajstić information content (AvgIpc) is 2.69. The second kappa shape index (κ2) is 13.2. The van der Waals surface area contributed by atoms with E-state index in [-0.39, 0.29) is 12.6 Å². The molecule has 0 aliphatic carbocycles. The summed E-state index contributed by atoms with van der Waals surface area (Å²) in [4.78, 5) is 25.3. The average molecular weight is 483 g/mol. The molecule has 152 valence electrons. The van der Waals surface area contributed by atoms with E-state index in [0.29, 0.717) is 11.1 Å². The van der Waals surface area contributed by atoms with E-state index in [9.17, 15) is 9.59 Å². The Kier molecular flexibility index (Phi) is 11.7. The topological polar surface area (TPSA) is 52.6 Å². The molecule has 1 aromatic rings. The second-order valence-electron chi connectivity index (χ2n) is 7.15. The predicted octanol–water partition coefficient (Wildman–Crippen LogP) is 6.37. The van der Waals surface area contributed by atoms with Gasteiger partial charge in [0.25, 0.3) is 0 Å². The first-order chi connectivity index (χ1) is 13.0. The Morgan fingerprint density at radius 3 is 1.63 bits per heavy atom. The Morgan fingerprint density at radius 2 is 1.22 bits per heavy atom. The van der Waals surface area contributed by atoms with E-state index in [1.54, 1.807) is 31.2 Å². The standard InChI is InChI=1S/C10H10O4.3C4H9.Sn/c1-2-14-10(13)8-6-4-3-5-7(8)9(11)12;3*1-3-4-2;/h3-6H,2H2,1H3,(H,11,12);3*1,3-4H2,2H3;/q;;;;+1/p-1. The summed E-state index contributed by atoms with van der Waals surface area (Å²) >= 11 is -3.07. The first-order valence-corrected chi connectivity index (χ1v) is 17.7. The van der Waals surface area contributed by atoms with Crippen molar-refractivity contribution in [3.63, 3.8) is 0 Å². The van der Waals surface area contributed by atoms with Crippen molar-refractivity contribution in [2.75, 3.05) is 6.61 Å². The van der Waals surface area contributed by atoms with Crippen molar-refractivity contribution < 1.29 is 17.4 Å². The molecule has 0 radical (unpaired) electrons. The molecule has 0 atom stereocenters. The van der Waals surface area contributed by atoms with Crippen LogP contribution in [-0.4, -0.2) is 37.3 Å². The van der Waals surface area contributed by atoms with Gasteiger partial charge in [0.05, 0.1) is 0 Å². The number of ether oxygens (including phenoxy) is 1. The third kappa shape index (κ3) is 7.84. The molecule has 0 aromatic heterocycles. The second-order valence-corrected chi connectivity index (χ2v) is 18.8. The summed E-state index contributed by atoms with van der Waals surface area (Å²) in [5.74, 6) is -0.778. The number of benzene rings is 1. The molecule has 0 aliphatic rings. The molecule has 0 spiro atoms. The summed E-state index contributed by atoms with van der Waals surface area (Å²) in [6, 6.07) is 6.87. The molecule has 0 saturated heterocycles. The van der Waals surface area contributed by atoms with Crippen molar-refractivity contribution in [1.82, 2.24) is 0 Å². The summed E-state index contributed by atoms with van der Waals surface area (Å²) < 4.78 is 14.7. The molecule has 4 nitrogen and oxygen atoms in total. The minimum absolute atomic E-state index is 0.287. The van der Waals surface area contributed by atoms with Gasteiger partial charge in [-0.15, -0.1) is 0 Å². The van der Waals surface area contributed by atoms with Crippen LogP contribution in [0.3, 0.4) is 0 Å². The van der Waals surface area contributed by atoms with Gasteiger partial charge < -0.3 is 0 Å². The van der Waals surface area contributed by atoms with Crippen LogP contribution >= 0.6 is 0 Å². The van der Waals surface area contributed by atoms with Gasteiger partial charge in [0, 0.05) is 0 Å². The number of hydrogen-bond donors (Lipinski definition) is 0. The Bertz CT molecular complexity index is 564. The molecule has 0 fully saturated rings. The summed E-state index contributed by atoms with van der Waals surface area (Å²) in [7, 11) is 0. The van der Waals surface area contributed by atoms with E-state index in [1.165, 1.54) is 0 Å². The third-order valence-electron chi connectivity index (χ3n) is 4.91. The van der Waals surface area contributed by atoms with Gasteiger partial charge in [0.1, 0.15) is 0 Å². The molecule has 1 rings (SSSR count). The van der Waals surface area contributed by atoms with E-state index in [2.05, 4.69) is 20.8 Å². The number of hydrogen-bond acceptors (Lipinski definition) is 4. The summed E-state index contributed by atoms with van der Waals surface area (Å²) in [6.07, 6.45) is 6.72. The van der Waals surface area contributed by atoms with Crippen LogP contribution < -0.4 is 0 Å². The first-order valence-electron chi connectivity index (χ1n) is 10.5. The van der Waals surface area contributed by atoms with Crippen molar-refractivity contribution in [3.8, 4) is 0 Å². The van der Waals surface area contributed by atoms with Crippen molar-refractivity contribution in [2.24, 2.45) is 0 Å².